The molecule has 0 radical (unpaired) electrons. The lowest BCUT2D eigenvalue weighted by Gasteiger charge is -2.22. The Morgan fingerprint density at radius 3 is 2.65 bits per heavy atom. The summed E-state index contributed by atoms with van der Waals surface area (Å²) < 4.78 is 1.83. The van der Waals surface area contributed by atoms with Crippen molar-refractivity contribution in [2.45, 2.75) is 6.42 Å². The molecule has 9 heteroatoms. The van der Waals surface area contributed by atoms with E-state index in [9.17, 15) is 9.59 Å². The van der Waals surface area contributed by atoms with E-state index in [1.165, 1.54) is 6.08 Å². The number of nitrogens with zero attached hydrogens (tertiary/aromatic N) is 4. The first kappa shape index (κ1) is 21.2. The largest absolute Gasteiger partial charge is 0.337 e. The van der Waals surface area contributed by atoms with Gasteiger partial charge in [0.15, 0.2) is 5.15 Å². The number of pyridine rings is 1. The van der Waals surface area contributed by atoms with Gasteiger partial charge in [-0.1, -0.05) is 35.3 Å². The van der Waals surface area contributed by atoms with Gasteiger partial charge in [-0.3, -0.25) is 9.20 Å². The number of rotatable bonds is 3. The molecule has 1 saturated heterocycles. The number of hydrogen-bond acceptors (Lipinski definition) is 3. The van der Waals surface area contributed by atoms with Gasteiger partial charge in [-0.15, -0.1) is 0 Å². The number of carbonyl (C=O) groups is 2. The third kappa shape index (κ3) is 5.00. The van der Waals surface area contributed by atoms with Crippen LogP contribution in [0, 0.1) is 0 Å². The zero-order valence-electron chi connectivity index (χ0n) is 16.7. The Morgan fingerprint density at radius 1 is 1.00 bits per heavy atom. The number of benzene rings is 1. The van der Waals surface area contributed by atoms with E-state index < -0.39 is 0 Å². The molecule has 1 aliphatic rings. The summed E-state index contributed by atoms with van der Waals surface area (Å²) in [4.78, 5) is 33.0. The third-order valence-corrected chi connectivity index (χ3v) is 5.59. The number of amides is 3. The first-order valence-electron chi connectivity index (χ1n) is 9.92. The van der Waals surface area contributed by atoms with Crippen LogP contribution in [-0.4, -0.2) is 57.3 Å². The van der Waals surface area contributed by atoms with Gasteiger partial charge < -0.3 is 15.1 Å². The van der Waals surface area contributed by atoms with E-state index in [2.05, 4.69) is 10.3 Å². The molecule has 7 nitrogen and oxygen atoms in total. The molecule has 1 aliphatic heterocycles. The summed E-state index contributed by atoms with van der Waals surface area (Å²) >= 11 is 12.2. The Bertz CT molecular complexity index is 1140. The van der Waals surface area contributed by atoms with E-state index in [1.54, 1.807) is 40.1 Å². The highest BCUT2D eigenvalue weighted by Gasteiger charge is 2.21. The average Bonchev–Trinajstić information content (AvgIpc) is 2.91. The van der Waals surface area contributed by atoms with Gasteiger partial charge in [0.2, 0.25) is 5.91 Å². The number of halogens is 2. The third-order valence-electron chi connectivity index (χ3n) is 5.08. The van der Waals surface area contributed by atoms with Crippen molar-refractivity contribution in [1.82, 2.24) is 19.2 Å². The van der Waals surface area contributed by atoms with Crippen LogP contribution in [0.1, 0.15) is 12.1 Å². The van der Waals surface area contributed by atoms with Crippen molar-refractivity contribution in [2.24, 2.45) is 0 Å². The van der Waals surface area contributed by atoms with Crippen LogP contribution in [0.15, 0.2) is 54.7 Å². The molecule has 1 aromatic carbocycles. The van der Waals surface area contributed by atoms with Crippen molar-refractivity contribution < 1.29 is 9.59 Å². The zero-order chi connectivity index (χ0) is 21.8. The van der Waals surface area contributed by atoms with Crippen LogP contribution >= 0.6 is 23.2 Å². The number of nitrogens with one attached hydrogen (secondary N) is 1. The van der Waals surface area contributed by atoms with Crippen molar-refractivity contribution >= 4 is 52.6 Å². The van der Waals surface area contributed by atoms with E-state index in [-0.39, 0.29) is 11.9 Å². The van der Waals surface area contributed by atoms with Gasteiger partial charge in [-0.2, -0.15) is 0 Å². The zero-order valence-corrected chi connectivity index (χ0v) is 18.2. The SMILES string of the molecule is O=C(/C=C/c1c(Cl)nc2ccccn12)N1CCCN(C(=O)Nc2cccc(Cl)c2)CC1. The number of anilines is 1. The minimum absolute atomic E-state index is 0.126. The summed E-state index contributed by atoms with van der Waals surface area (Å²) in [7, 11) is 0. The van der Waals surface area contributed by atoms with E-state index in [1.807, 2.05) is 28.8 Å². The van der Waals surface area contributed by atoms with Gasteiger partial charge in [0, 0.05) is 49.2 Å². The number of aromatic nitrogens is 2. The molecule has 0 unspecified atom stereocenters. The number of fused-ring (bicyclic) bond motifs is 1. The van der Waals surface area contributed by atoms with Crippen molar-refractivity contribution in [3.05, 3.63) is 70.6 Å². The average molecular weight is 458 g/mol. The van der Waals surface area contributed by atoms with E-state index in [4.69, 9.17) is 23.2 Å². The first-order valence-corrected chi connectivity index (χ1v) is 10.7. The smallest absolute Gasteiger partial charge is 0.321 e. The van der Waals surface area contributed by atoms with E-state index >= 15 is 0 Å². The van der Waals surface area contributed by atoms with Crippen LogP contribution in [-0.2, 0) is 4.79 Å². The predicted octanol–water partition coefficient (Wildman–Crippen LogP) is 4.42. The molecule has 0 saturated carbocycles. The molecule has 0 spiro atoms. The van der Waals surface area contributed by atoms with Crippen LogP contribution in [0.4, 0.5) is 10.5 Å². The van der Waals surface area contributed by atoms with Gasteiger partial charge in [-0.25, -0.2) is 9.78 Å². The fourth-order valence-corrected chi connectivity index (χ4v) is 3.93. The molecular formula is C22H21Cl2N5O2. The summed E-state index contributed by atoms with van der Waals surface area (Å²) in [6.07, 6.45) is 5.73. The molecule has 1 fully saturated rings. The highest BCUT2D eigenvalue weighted by molar-refractivity contribution is 6.31. The van der Waals surface area contributed by atoms with Crippen LogP contribution in [0.5, 0.6) is 0 Å². The molecule has 31 heavy (non-hydrogen) atoms. The lowest BCUT2D eigenvalue weighted by molar-refractivity contribution is -0.125. The fourth-order valence-electron chi connectivity index (χ4n) is 3.50. The molecule has 3 heterocycles. The molecule has 0 bridgehead atoms. The highest BCUT2D eigenvalue weighted by Crippen LogP contribution is 2.19. The molecule has 4 rings (SSSR count). The Hall–Kier alpha value is -3.03. The Balaban J connectivity index is 1.38. The van der Waals surface area contributed by atoms with Crippen LogP contribution in [0.25, 0.3) is 11.7 Å². The lowest BCUT2D eigenvalue weighted by atomic mass is 10.3. The van der Waals surface area contributed by atoms with Crippen molar-refractivity contribution in [2.75, 3.05) is 31.5 Å². The number of carbonyl (C=O) groups excluding carboxylic acids is 2. The molecule has 0 atom stereocenters. The second kappa shape index (κ2) is 9.41. The minimum atomic E-state index is -0.204. The van der Waals surface area contributed by atoms with Crippen molar-refractivity contribution in [3.8, 4) is 0 Å². The van der Waals surface area contributed by atoms with Crippen LogP contribution in [0.3, 0.4) is 0 Å². The second-order valence-electron chi connectivity index (χ2n) is 7.16. The number of hydrogen-bond donors (Lipinski definition) is 1. The maximum Gasteiger partial charge on any atom is 0.321 e. The first-order chi connectivity index (χ1) is 15.0. The lowest BCUT2D eigenvalue weighted by Crippen LogP contribution is -2.39. The summed E-state index contributed by atoms with van der Waals surface area (Å²) in [5.41, 5.74) is 2.02. The van der Waals surface area contributed by atoms with Crippen molar-refractivity contribution in [1.29, 1.82) is 0 Å². The van der Waals surface area contributed by atoms with Crippen molar-refractivity contribution in [3.63, 3.8) is 0 Å². The quantitative estimate of drug-likeness (QED) is 0.591. The molecular weight excluding hydrogens is 437 g/mol. The maximum atomic E-state index is 12.7. The summed E-state index contributed by atoms with van der Waals surface area (Å²) in [5.74, 6) is -0.126. The second-order valence-corrected chi connectivity index (χ2v) is 7.95. The summed E-state index contributed by atoms with van der Waals surface area (Å²) in [6.45, 7) is 2.04. The fraction of sp³-hybridized carbons (Fsp3) is 0.227. The Labute approximate surface area is 189 Å². The Kier molecular flexibility index (Phi) is 6.44. The number of imidazole rings is 1. The van der Waals surface area contributed by atoms with Gasteiger partial charge >= 0.3 is 6.03 Å². The summed E-state index contributed by atoms with van der Waals surface area (Å²) in [6, 6.07) is 12.4. The topological polar surface area (TPSA) is 70.0 Å². The summed E-state index contributed by atoms with van der Waals surface area (Å²) in [5, 5.41) is 3.75. The van der Waals surface area contributed by atoms with Crippen LogP contribution < -0.4 is 5.32 Å². The van der Waals surface area contributed by atoms with E-state index in [0.717, 1.165) is 5.65 Å². The predicted molar refractivity (Wildman–Crippen MR) is 122 cm³/mol. The molecule has 1 N–H and O–H groups in total. The van der Waals surface area contributed by atoms with Gasteiger partial charge in [0.05, 0.1) is 5.69 Å². The maximum absolute atomic E-state index is 12.7. The van der Waals surface area contributed by atoms with Gasteiger partial charge in [0.1, 0.15) is 5.65 Å². The van der Waals surface area contributed by atoms with E-state index in [0.29, 0.717) is 54.2 Å². The van der Waals surface area contributed by atoms with Gasteiger partial charge in [0.25, 0.3) is 0 Å². The standard InChI is InChI=1S/C22H21Cl2N5O2/c23-16-5-3-6-17(15-16)25-22(31)28-11-4-10-27(13-14-28)20(30)9-8-18-21(24)26-19-7-1-2-12-29(18)19/h1-3,5-9,12,15H,4,10-11,13-14H2,(H,25,31)/b9-8+. The molecule has 2 aromatic heterocycles. The monoisotopic (exact) mass is 457 g/mol. The molecule has 0 aliphatic carbocycles. The number of urea groups is 1. The normalized spacial score (nSPS) is 14.8. The van der Waals surface area contributed by atoms with Gasteiger partial charge in [-0.05, 0) is 42.8 Å². The highest BCUT2D eigenvalue weighted by atomic mass is 35.5. The molecule has 3 aromatic rings. The molecule has 160 valence electrons. The van der Waals surface area contributed by atoms with Crippen LogP contribution in [0.2, 0.25) is 10.2 Å². The Morgan fingerprint density at radius 2 is 1.81 bits per heavy atom. The molecule has 3 amide bonds. The minimum Gasteiger partial charge on any atom is -0.337 e.